The third-order valence-electron chi connectivity index (χ3n) is 5.69. The quantitative estimate of drug-likeness (QED) is 0.137. The zero-order chi connectivity index (χ0) is 25.6. The maximum Gasteiger partial charge on any atom is 0.343 e. The van der Waals surface area contributed by atoms with Crippen LogP contribution in [-0.2, 0) is 11.3 Å². The molecule has 0 atom stereocenters. The molecule has 0 unspecified atom stereocenters. The number of benzene rings is 3. The van der Waals surface area contributed by atoms with E-state index in [0.717, 1.165) is 23.5 Å². The molecule has 6 nitrogen and oxygen atoms in total. The van der Waals surface area contributed by atoms with Crippen LogP contribution < -0.4 is 14.2 Å². The molecule has 0 fully saturated rings. The highest BCUT2D eigenvalue weighted by molar-refractivity contribution is 5.92. The van der Waals surface area contributed by atoms with Gasteiger partial charge in [-0.2, -0.15) is 0 Å². The SMILES string of the molecule is CCCCCCCCOc1ccc(C(=O)Oc2ccc(C(=O)OCc3ccc(OC)cc3)cc2)cc1. The van der Waals surface area contributed by atoms with Crippen LogP contribution in [0.5, 0.6) is 17.2 Å². The van der Waals surface area contributed by atoms with Crippen molar-refractivity contribution in [2.45, 2.75) is 52.1 Å². The van der Waals surface area contributed by atoms with Gasteiger partial charge in [0.1, 0.15) is 23.9 Å². The largest absolute Gasteiger partial charge is 0.497 e. The summed E-state index contributed by atoms with van der Waals surface area (Å²) in [5.41, 5.74) is 1.65. The smallest absolute Gasteiger partial charge is 0.343 e. The number of esters is 2. The fourth-order valence-electron chi connectivity index (χ4n) is 3.54. The molecule has 3 aromatic rings. The standard InChI is InChI=1S/C30H34O6/c1-3-4-5-6-7-8-21-34-27-17-11-25(12-18-27)30(32)36-28-19-13-24(14-20-28)29(31)35-22-23-9-15-26(33-2)16-10-23/h9-20H,3-8,21-22H2,1-2H3. The topological polar surface area (TPSA) is 71.1 Å². The molecule has 0 heterocycles. The van der Waals surface area contributed by atoms with E-state index in [1.165, 1.54) is 32.1 Å². The van der Waals surface area contributed by atoms with E-state index in [4.69, 9.17) is 18.9 Å². The number of hydrogen-bond donors (Lipinski definition) is 0. The van der Waals surface area contributed by atoms with Gasteiger partial charge in [0.2, 0.25) is 0 Å². The van der Waals surface area contributed by atoms with Gasteiger partial charge >= 0.3 is 11.9 Å². The summed E-state index contributed by atoms with van der Waals surface area (Å²) in [7, 11) is 1.60. The molecule has 0 amide bonds. The molecule has 0 aromatic heterocycles. The molecule has 36 heavy (non-hydrogen) atoms. The molecule has 0 saturated heterocycles. The Morgan fingerprint density at radius 2 is 1.19 bits per heavy atom. The Hall–Kier alpha value is -3.80. The number of unbranched alkanes of at least 4 members (excludes halogenated alkanes) is 5. The van der Waals surface area contributed by atoms with Gasteiger partial charge in [0.05, 0.1) is 24.8 Å². The fourth-order valence-corrected chi connectivity index (χ4v) is 3.54. The van der Waals surface area contributed by atoms with Crippen molar-refractivity contribution < 1.29 is 28.5 Å². The van der Waals surface area contributed by atoms with Crippen molar-refractivity contribution in [1.29, 1.82) is 0 Å². The number of methoxy groups -OCH3 is 1. The van der Waals surface area contributed by atoms with E-state index >= 15 is 0 Å². The molecule has 0 radical (unpaired) electrons. The molecule has 6 heteroatoms. The van der Waals surface area contributed by atoms with E-state index in [2.05, 4.69) is 6.92 Å². The molecule has 3 rings (SSSR count). The first-order valence-electron chi connectivity index (χ1n) is 12.4. The number of carbonyl (C=O) groups excluding carboxylic acids is 2. The fraction of sp³-hybridized carbons (Fsp3) is 0.333. The Kier molecular flexibility index (Phi) is 10.8. The molecule has 0 bridgehead atoms. The van der Waals surface area contributed by atoms with Gasteiger partial charge < -0.3 is 18.9 Å². The first kappa shape index (κ1) is 26.8. The Morgan fingerprint density at radius 1 is 0.639 bits per heavy atom. The third-order valence-corrected chi connectivity index (χ3v) is 5.69. The van der Waals surface area contributed by atoms with Crippen molar-refractivity contribution in [1.82, 2.24) is 0 Å². The lowest BCUT2D eigenvalue weighted by molar-refractivity contribution is 0.0472. The molecule has 3 aromatic carbocycles. The normalized spacial score (nSPS) is 10.5. The highest BCUT2D eigenvalue weighted by Gasteiger charge is 2.11. The summed E-state index contributed by atoms with van der Waals surface area (Å²) in [5, 5.41) is 0. The van der Waals surface area contributed by atoms with Gasteiger partial charge in [0, 0.05) is 0 Å². The lowest BCUT2D eigenvalue weighted by Crippen LogP contribution is -2.09. The van der Waals surface area contributed by atoms with E-state index in [1.807, 2.05) is 24.3 Å². The average Bonchev–Trinajstić information content (AvgIpc) is 2.92. The van der Waals surface area contributed by atoms with Crippen LogP contribution in [0.1, 0.15) is 71.7 Å². The molecule has 0 N–H and O–H groups in total. The van der Waals surface area contributed by atoms with E-state index < -0.39 is 11.9 Å². The molecule has 190 valence electrons. The first-order valence-corrected chi connectivity index (χ1v) is 12.4. The highest BCUT2D eigenvalue weighted by atomic mass is 16.5. The van der Waals surface area contributed by atoms with E-state index in [-0.39, 0.29) is 6.61 Å². The summed E-state index contributed by atoms with van der Waals surface area (Å²) in [5.74, 6) is 0.878. The van der Waals surface area contributed by atoms with Crippen LogP contribution in [0, 0.1) is 0 Å². The number of rotatable bonds is 14. The summed E-state index contributed by atoms with van der Waals surface area (Å²) in [6.07, 6.45) is 7.26. The van der Waals surface area contributed by atoms with Crippen molar-refractivity contribution >= 4 is 11.9 Å². The minimum absolute atomic E-state index is 0.151. The minimum atomic E-state index is -0.479. The zero-order valence-corrected chi connectivity index (χ0v) is 21.0. The number of ether oxygens (including phenoxy) is 4. The molecular weight excluding hydrogens is 456 g/mol. The molecule has 0 spiro atoms. The summed E-state index contributed by atoms with van der Waals surface area (Å²) < 4.78 is 21.6. The lowest BCUT2D eigenvalue weighted by atomic mass is 10.1. The van der Waals surface area contributed by atoms with E-state index in [9.17, 15) is 9.59 Å². The Bertz CT molecular complexity index is 1070. The maximum atomic E-state index is 12.5. The highest BCUT2D eigenvalue weighted by Crippen LogP contribution is 2.18. The second kappa shape index (κ2) is 14.6. The van der Waals surface area contributed by atoms with Crippen molar-refractivity contribution in [2.24, 2.45) is 0 Å². The molecular formula is C30H34O6. The van der Waals surface area contributed by atoms with Crippen LogP contribution in [0.3, 0.4) is 0 Å². The van der Waals surface area contributed by atoms with Crippen molar-refractivity contribution in [2.75, 3.05) is 13.7 Å². The third kappa shape index (κ3) is 8.77. The Labute approximate surface area is 213 Å². The monoisotopic (exact) mass is 490 g/mol. The summed E-state index contributed by atoms with van der Waals surface area (Å²) in [6, 6.07) is 20.5. The number of carbonyl (C=O) groups is 2. The van der Waals surface area contributed by atoms with Crippen molar-refractivity contribution in [3.05, 3.63) is 89.5 Å². The molecule has 0 aliphatic rings. The Morgan fingerprint density at radius 3 is 1.83 bits per heavy atom. The van der Waals surface area contributed by atoms with Gasteiger partial charge in [0.25, 0.3) is 0 Å². The van der Waals surface area contributed by atoms with Crippen molar-refractivity contribution in [3.63, 3.8) is 0 Å². The predicted octanol–water partition coefficient (Wildman–Crippen LogP) is 7.01. The zero-order valence-electron chi connectivity index (χ0n) is 21.0. The molecule has 0 saturated carbocycles. The maximum absolute atomic E-state index is 12.5. The van der Waals surface area contributed by atoms with Gasteiger partial charge in [-0.1, -0.05) is 51.2 Å². The van der Waals surface area contributed by atoms with Crippen LogP contribution in [0.25, 0.3) is 0 Å². The van der Waals surface area contributed by atoms with Gasteiger partial charge in [-0.3, -0.25) is 0 Å². The van der Waals surface area contributed by atoms with Crippen molar-refractivity contribution in [3.8, 4) is 17.2 Å². The second-order valence-electron chi connectivity index (χ2n) is 8.48. The van der Waals surface area contributed by atoms with Gasteiger partial charge in [0.15, 0.2) is 0 Å². The molecule has 0 aliphatic heterocycles. The van der Waals surface area contributed by atoms with Crippen LogP contribution >= 0.6 is 0 Å². The van der Waals surface area contributed by atoms with Crippen LogP contribution in [0.15, 0.2) is 72.8 Å². The van der Waals surface area contributed by atoms with Gasteiger partial charge in [-0.15, -0.1) is 0 Å². The minimum Gasteiger partial charge on any atom is -0.497 e. The average molecular weight is 491 g/mol. The molecule has 0 aliphatic carbocycles. The Balaban J connectivity index is 1.42. The summed E-state index contributed by atoms with van der Waals surface area (Å²) in [6.45, 7) is 3.03. The van der Waals surface area contributed by atoms with Gasteiger partial charge in [-0.25, -0.2) is 9.59 Å². The number of hydrogen-bond acceptors (Lipinski definition) is 6. The van der Waals surface area contributed by atoms with Gasteiger partial charge in [-0.05, 0) is 72.6 Å². The first-order chi connectivity index (χ1) is 17.6. The summed E-state index contributed by atoms with van der Waals surface area (Å²) in [4.78, 5) is 24.8. The predicted molar refractivity (Wildman–Crippen MR) is 139 cm³/mol. The van der Waals surface area contributed by atoms with Crippen LogP contribution in [-0.4, -0.2) is 25.7 Å². The van der Waals surface area contributed by atoms with Crippen LogP contribution in [0.4, 0.5) is 0 Å². The summed E-state index contributed by atoms with van der Waals surface area (Å²) >= 11 is 0. The van der Waals surface area contributed by atoms with E-state index in [0.29, 0.717) is 23.5 Å². The van der Waals surface area contributed by atoms with E-state index in [1.54, 1.807) is 55.6 Å². The second-order valence-corrected chi connectivity index (χ2v) is 8.48. The lowest BCUT2D eigenvalue weighted by Gasteiger charge is -2.09. The van der Waals surface area contributed by atoms with Crippen LogP contribution in [0.2, 0.25) is 0 Å².